The van der Waals surface area contributed by atoms with E-state index in [2.05, 4.69) is 0 Å². The molecule has 1 aliphatic rings. The summed E-state index contributed by atoms with van der Waals surface area (Å²) in [4.78, 5) is 12.7. The Morgan fingerprint density at radius 3 is 2.48 bits per heavy atom. The molecule has 1 aliphatic carbocycles. The summed E-state index contributed by atoms with van der Waals surface area (Å²) in [6, 6.07) is 5.41. The van der Waals surface area contributed by atoms with Gasteiger partial charge in [0.15, 0.2) is 5.78 Å². The second-order valence-corrected chi connectivity index (χ2v) is 7.04. The van der Waals surface area contributed by atoms with Gasteiger partial charge >= 0.3 is 7.60 Å². The summed E-state index contributed by atoms with van der Waals surface area (Å²) >= 11 is 0. The normalized spacial score (nSPS) is 18.4. The molecule has 0 fully saturated rings. The summed E-state index contributed by atoms with van der Waals surface area (Å²) in [6.07, 6.45) is 1.16. The summed E-state index contributed by atoms with van der Waals surface area (Å²) in [5.41, 5.74) is 0.791. The third-order valence-electron chi connectivity index (χ3n) is 3.57. The zero-order chi connectivity index (χ0) is 15.5. The molecule has 0 aromatic heterocycles. The fourth-order valence-electron chi connectivity index (χ4n) is 2.61. The van der Waals surface area contributed by atoms with Crippen LogP contribution in [0.1, 0.15) is 36.2 Å². The van der Waals surface area contributed by atoms with E-state index in [4.69, 9.17) is 13.8 Å². The smallest absolute Gasteiger partial charge is 0.341 e. The highest BCUT2D eigenvalue weighted by molar-refractivity contribution is 7.55. The molecule has 21 heavy (non-hydrogen) atoms. The van der Waals surface area contributed by atoms with Crippen LogP contribution in [0.15, 0.2) is 18.2 Å². The van der Waals surface area contributed by atoms with Gasteiger partial charge in [-0.25, -0.2) is 0 Å². The SMILES string of the molecule is CCOP(=O)(OCC)C1CCc2ccc(OC)cc2C1=O. The molecule has 116 valence electrons. The minimum atomic E-state index is -3.42. The van der Waals surface area contributed by atoms with Crippen LogP contribution in [0, 0.1) is 0 Å². The number of aryl methyl sites for hydroxylation is 1. The van der Waals surface area contributed by atoms with Crippen LogP contribution in [0.25, 0.3) is 0 Å². The van der Waals surface area contributed by atoms with Crippen molar-refractivity contribution in [3.8, 4) is 5.75 Å². The summed E-state index contributed by atoms with van der Waals surface area (Å²) in [6.45, 7) is 4.00. The minimum absolute atomic E-state index is 0.180. The predicted octanol–water partition coefficient (Wildman–Crippen LogP) is 3.46. The van der Waals surface area contributed by atoms with Gasteiger partial charge < -0.3 is 13.8 Å². The summed E-state index contributed by atoms with van der Waals surface area (Å²) < 4.78 is 28.7. The standard InChI is InChI=1S/C15H21O5P/c1-4-19-21(17,20-5-2)14-9-7-11-6-8-12(18-3)10-13(11)15(14)16/h6,8,10,14H,4-5,7,9H2,1-3H3. The molecule has 0 heterocycles. The van der Waals surface area contributed by atoms with Gasteiger partial charge in [-0.1, -0.05) is 6.07 Å². The molecule has 0 saturated carbocycles. The quantitative estimate of drug-likeness (QED) is 0.753. The topological polar surface area (TPSA) is 61.8 Å². The van der Waals surface area contributed by atoms with Gasteiger partial charge in [-0.15, -0.1) is 0 Å². The first-order valence-corrected chi connectivity index (χ1v) is 8.76. The zero-order valence-corrected chi connectivity index (χ0v) is 13.5. The number of methoxy groups -OCH3 is 1. The van der Waals surface area contributed by atoms with Gasteiger partial charge in [0.05, 0.1) is 20.3 Å². The maximum atomic E-state index is 12.8. The molecule has 1 unspecified atom stereocenters. The van der Waals surface area contributed by atoms with E-state index in [0.717, 1.165) is 5.56 Å². The number of rotatable bonds is 6. The maximum absolute atomic E-state index is 12.8. The molecule has 1 aromatic carbocycles. The van der Waals surface area contributed by atoms with Gasteiger partial charge in [-0.3, -0.25) is 9.36 Å². The van der Waals surface area contributed by atoms with Crippen molar-refractivity contribution in [2.75, 3.05) is 20.3 Å². The third-order valence-corrected chi connectivity index (χ3v) is 6.06. The van der Waals surface area contributed by atoms with Crippen molar-refractivity contribution >= 4 is 13.4 Å². The molecule has 0 bridgehead atoms. The van der Waals surface area contributed by atoms with Gasteiger partial charge in [0.1, 0.15) is 11.4 Å². The van der Waals surface area contributed by atoms with E-state index in [0.29, 0.717) is 24.2 Å². The van der Waals surface area contributed by atoms with Crippen LogP contribution in [0.4, 0.5) is 0 Å². The Labute approximate surface area is 125 Å². The zero-order valence-electron chi connectivity index (χ0n) is 12.6. The summed E-state index contributed by atoms with van der Waals surface area (Å²) in [7, 11) is -1.87. The number of fused-ring (bicyclic) bond motifs is 1. The minimum Gasteiger partial charge on any atom is -0.497 e. The van der Waals surface area contributed by atoms with Crippen molar-refractivity contribution in [3.63, 3.8) is 0 Å². The van der Waals surface area contributed by atoms with Gasteiger partial charge in [0.2, 0.25) is 0 Å². The fourth-order valence-corrected chi connectivity index (χ4v) is 4.64. The Balaban J connectivity index is 2.36. The van der Waals surface area contributed by atoms with E-state index in [1.807, 2.05) is 12.1 Å². The Morgan fingerprint density at radius 2 is 1.90 bits per heavy atom. The lowest BCUT2D eigenvalue weighted by Crippen LogP contribution is -2.29. The van der Waals surface area contributed by atoms with Crippen LogP contribution < -0.4 is 4.74 Å². The van der Waals surface area contributed by atoms with Crippen LogP contribution in [0.3, 0.4) is 0 Å². The van der Waals surface area contributed by atoms with Crippen LogP contribution in [0.5, 0.6) is 5.75 Å². The van der Waals surface area contributed by atoms with Crippen molar-refractivity contribution in [2.45, 2.75) is 32.3 Å². The molecule has 0 N–H and O–H groups in total. The molecule has 6 heteroatoms. The number of carbonyl (C=O) groups excluding carboxylic acids is 1. The van der Waals surface area contributed by atoms with Crippen LogP contribution >= 0.6 is 7.60 Å². The van der Waals surface area contributed by atoms with Crippen LogP contribution in [-0.2, 0) is 20.0 Å². The van der Waals surface area contributed by atoms with Gasteiger partial charge in [0.25, 0.3) is 0 Å². The second kappa shape index (κ2) is 6.73. The highest BCUT2D eigenvalue weighted by atomic mass is 31.2. The van der Waals surface area contributed by atoms with E-state index in [9.17, 15) is 9.36 Å². The average Bonchev–Trinajstić information content (AvgIpc) is 2.47. The van der Waals surface area contributed by atoms with Gasteiger partial charge in [-0.05, 0) is 44.4 Å². The van der Waals surface area contributed by atoms with Crippen molar-refractivity contribution < 1.29 is 23.1 Å². The number of Topliss-reactive ketones (excluding diaryl/α,β-unsaturated/α-hetero) is 1. The first-order chi connectivity index (χ1) is 10.1. The van der Waals surface area contributed by atoms with Crippen LogP contribution in [0.2, 0.25) is 0 Å². The average molecular weight is 312 g/mol. The molecule has 0 amide bonds. The molecule has 1 aromatic rings. The Morgan fingerprint density at radius 1 is 1.24 bits per heavy atom. The number of ketones is 1. The maximum Gasteiger partial charge on any atom is 0.341 e. The van der Waals surface area contributed by atoms with Gasteiger partial charge in [0, 0.05) is 5.56 Å². The third kappa shape index (κ3) is 3.20. The lowest BCUT2D eigenvalue weighted by atomic mass is 9.90. The monoisotopic (exact) mass is 312 g/mol. The van der Waals surface area contributed by atoms with E-state index >= 15 is 0 Å². The van der Waals surface area contributed by atoms with Crippen molar-refractivity contribution in [1.29, 1.82) is 0 Å². The van der Waals surface area contributed by atoms with Crippen LogP contribution in [-0.4, -0.2) is 31.8 Å². The summed E-state index contributed by atoms with van der Waals surface area (Å²) in [5, 5.41) is 0. The number of carbonyl (C=O) groups is 1. The first kappa shape index (κ1) is 16.2. The molecule has 0 radical (unpaired) electrons. The van der Waals surface area contributed by atoms with Crippen molar-refractivity contribution in [1.82, 2.24) is 0 Å². The second-order valence-electron chi connectivity index (χ2n) is 4.82. The number of ether oxygens (including phenoxy) is 1. The Hall–Kier alpha value is -1.16. The fraction of sp³-hybridized carbons (Fsp3) is 0.533. The number of benzene rings is 1. The molecule has 0 aliphatic heterocycles. The molecular formula is C15H21O5P. The van der Waals surface area contributed by atoms with E-state index in [1.165, 1.54) is 0 Å². The van der Waals surface area contributed by atoms with E-state index < -0.39 is 13.3 Å². The van der Waals surface area contributed by atoms with E-state index in [1.54, 1.807) is 27.0 Å². The lowest BCUT2D eigenvalue weighted by molar-refractivity contribution is 0.0954. The van der Waals surface area contributed by atoms with E-state index in [-0.39, 0.29) is 19.0 Å². The molecular weight excluding hydrogens is 291 g/mol. The van der Waals surface area contributed by atoms with Gasteiger partial charge in [-0.2, -0.15) is 0 Å². The van der Waals surface area contributed by atoms with Crippen molar-refractivity contribution in [2.24, 2.45) is 0 Å². The highest BCUT2D eigenvalue weighted by Crippen LogP contribution is 2.56. The Kier molecular flexibility index (Phi) is 5.20. The molecule has 5 nitrogen and oxygen atoms in total. The molecule has 0 spiro atoms. The lowest BCUT2D eigenvalue weighted by Gasteiger charge is -2.29. The van der Waals surface area contributed by atoms with Crippen molar-refractivity contribution in [3.05, 3.63) is 29.3 Å². The number of hydrogen-bond donors (Lipinski definition) is 0. The Bertz CT molecular complexity index is 559. The molecule has 0 saturated heterocycles. The molecule has 2 rings (SSSR count). The largest absolute Gasteiger partial charge is 0.497 e. The number of hydrogen-bond acceptors (Lipinski definition) is 5. The molecule has 1 atom stereocenters. The summed E-state index contributed by atoms with van der Waals surface area (Å²) in [5.74, 6) is 0.436. The highest BCUT2D eigenvalue weighted by Gasteiger charge is 2.43. The predicted molar refractivity (Wildman–Crippen MR) is 80.3 cm³/mol. The first-order valence-electron chi connectivity index (χ1n) is 7.15.